The van der Waals surface area contributed by atoms with Gasteiger partial charge in [-0.25, -0.2) is 4.79 Å². The molecule has 1 aliphatic carbocycles. The highest BCUT2D eigenvalue weighted by molar-refractivity contribution is 7.14. The molecule has 1 saturated carbocycles. The Morgan fingerprint density at radius 2 is 2.41 bits per heavy atom. The molecule has 17 heavy (non-hydrogen) atoms. The van der Waals surface area contributed by atoms with Gasteiger partial charge in [-0.2, -0.15) is 0 Å². The molecule has 0 amide bonds. The monoisotopic (exact) mass is 251 g/mol. The van der Waals surface area contributed by atoms with E-state index in [0.717, 1.165) is 23.4 Å². The normalized spacial score (nSPS) is 27.8. The molecular weight excluding hydrogens is 234 g/mol. The Labute approximate surface area is 105 Å². The van der Waals surface area contributed by atoms with Crippen LogP contribution < -0.4 is 0 Å². The predicted molar refractivity (Wildman–Crippen MR) is 67.6 cm³/mol. The van der Waals surface area contributed by atoms with Crippen molar-refractivity contribution in [2.24, 2.45) is 5.92 Å². The molecule has 3 nitrogen and oxygen atoms in total. The molecule has 4 heteroatoms. The Morgan fingerprint density at radius 1 is 1.59 bits per heavy atom. The minimum Gasteiger partial charge on any atom is -0.477 e. The first-order valence-corrected chi connectivity index (χ1v) is 7.02. The lowest BCUT2D eigenvalue weighted by atomic mass is 10.1. The fourth-order valence-corrected chi connectivity index (χ4v) is 4.09. The summed E-state index contributed by atoms with van der Waals surface area (Å²) in [6, 6.07) is 2.61. The first-order chi connectivity index (χ1) is 8.13. The van der Waals surface area contributed by atoms with E-state index in [-0.39, 0.29) is 0 Å². The van der Waals surface area contributed by atoms with Crippen LogP contribution in [0.2, 0.25) is 0 Å². The minimum atomic E-state index is -0.799. The highest BCUT2D eigenvalue weighted by atomic mass is 32.1. The van der Waals surface area contributed by atoms with E-state index in [1.54, 1.807) is 0 Å². The summed E-state index contributed by atoms with van der Waals surface area (Å²) in [5, 5.41) is 8.99. The first kappa shape index (κ1) is 11.2. The maximum Gasteiger partial charge on any atom is 0.345 e. The van der Waals surface area contributed by atoms with E-state index < -0.39 is 5.97 Å². The molecule has 2 atom stereocenters. The summed E-state index contributed by atoms with van der Waals surface area (Å²) in [5.74, 6) is 0.102. The maximum atomic E-state index is 10.9. The molecule has 92 valence electrons. The number of nitrogens with zero attached hydrogens (tertiary/aromatic N) is 1. The standard InChI is InChI=1S/C13H17NO2S/c1-8-10(5-12(17-8)13(15)16)7-14-6-9-2-3-11(14)4-9/h5,9,11H,2-4,6-7H2,1H3,(H,15,16). The fourth-order valence-electron chi connectivity index (χ4n) is 3.22. The van der Waals surface area contributed by atoms with Crippen LogP contribution in [0.15, 0.2) is 6.07 Å². The predicted octanol–water partition coefficient (Wildman–Crippen LogP) is 2.74. The van der Waals surface area contributed by atoms with Crippen molar-refractivity contribution < 1.29 is 9.90 Å². The third-order valence-electron chi connectivity index (χ3n) is 4.13. The van der Waals surface area contributed by atoms with Crippen molar-refractivity contribution >= 4 is 17.3 Å². The number of aryl methyl sites for hydroxylation is 1. The molecule has 2 fully saturated rings. The third kappa shape index (κ3) is 2.00. The molecule has 1 aliphatic heterocycles. The van der Waals surface area contributed by atoms with Gasteiger partial charge < -0.3 is 5.11 Å². The van der Waals surface area contributed by atoms with Gasteiger partial charge in [-0.3, -0.25) is 4.90 Å². The Kier molecular flexibility index (Phi) is 2.71. The average Bonchev–Trinajstić information content (AvgIpc) is 2.95. The Hall–Kier alpha value is -0.870. The van der Waals surface area contributed by atoms with Gasteiger partial charge in [-0.1, -0.05) is 0 Å². The Morgan fingerprint density at radius 3 is 2.94 bits per heavy atom. The summed E-state index contributed by atoms with van der Waals surface area (Å²) in [4.78, 5) is 15.1. The maximum absolute atomic E-state index is 10.9. The summed E-state index contributed by atoms with van der Waals surface area (Å²) < 4.78 is 0. The zero-order valence-corrected chi connectivity index (χ0v) is 10.8. The summed E-state index contributed by atoms with van der Waals surface area (Å²) in [6.07, 6.45) is 4.08. The highest BCUT2D eigenvalue weighted by Crippen LogP contribution is 2.38. The topological polar surface area (TPSA) is 40.5 Å². The summed E-state index contributed by atoms with van der Waals surface area (Å²) in [7, 11) is 0. The molecule has 2 unspecified atom stereocenters. The molecule has 1 N–H and O–H groups in total. The van der Waals surface area contributed by atoms with Crippen LogP contribution in [0.1, 0.15) is 39.4 Å². The van der Waals surface area contributed by atoms with Crippen molar-refractivity contribution in [1.29, 1.82) is 0 Å². The van der Waals surface area contributed by atoms with Gasteiger partial charge in [0, 0.05) is 24.0 Å². The smallest absolute Gasteiger partial charge is 0.345 e. The number of fused-ring (bicyclic) bond motifs is 2. The van der Waals surface area contributed by atoms with Crippen LogP contribution in [-0.2, 0) is 6.54 Å². The Balaban J connectivity index is 1.74. The number of carboxylic acid groups (broad SMARTS) is 1. The molecule has 3 rings (SSSR count). The van der Waals surface area contributed by atoms with Crippen LogP contribution in [0.5, 0.6) is 0 Å². The number of likely N-dealkylation sites (tertiary alicyclic amines) is 1. The minimum absolute atomic E-state index is 0.474. The molecule has 2 bridgehead atoms. The van der Waals surface area contributed by atoms with Gasteiger partial charge in [0.1, 0.15) is 4.88 Å². The van der Waals surface area contributed by atoms with Crippen LogP contribution >= 0.6 is 11.3 Å². The van der Waals surface area contributed by atoms with Crippen molar-refractivity contribution in [3.63, 3.8) is 0 Å². The quantitative estimate of drug-likeness (QED) is 0.898. The van der Waals surface area contributed by atoms with Gasteiger partial charge in [0.15, 0.2) is 0 Å². The van der Waals surface area contributed by atoms with Crippen LogP contribution in [-0.4, -0.2) is 28.6 Å². The van der Waals surface area contributed by atoms with Crippen molar-refractivity contribution in [3.05, 3.63) is 21.4 Å². The van der Waals surface area contributed by atoms with E-state index in [1.165, 1.54) is 42.7 Å². The van der Waals surface area contributed by atoms with Crippen LogP contribution in [0.4, 0.5) is 0 Å². The van der Waals surface area contributed by atoms with E-state index in [0.29, 0.717) is 4.88 Å². The van der Waals surface area contributed by atoms with Gasteiger partial charge in [-0.05, 0) is 43.7 Å². The molecule has 1 saturated heterocycles. The Bertz CT molecular complexity index is 454. The average molecular weight is 251 g/mol. The summed E-state index contributed by atoms with van der Waals surface area (Å²) >= 11 is 1.40. The lowest BCUT2D eigenvalue weighted by Crippen LogP contribution is -2.31. The molecule has 2 heterocycles. The summed E-state index contributed by atoms with van der Waals surface area (Å²) in [5.41, 5.74) is 1.21. The van der Waals surface area contributed by atoms with Crippen molar-refractivity contribution in [2.45, 2.75) is 38.8 Å². The van der Waals surface area contributed by atoms with Crippen LogP contribution in [0, 0.1) is 12.8 Å². The number of carboxylic acids is 1. The number of piperidine rings is 1. The lowest BCUT2D eigenvalue weighted by Gasteiger charge is -2.26. The van der Waals surface area contributed by atoms with Gasteiger partial charge >= 0.3 is 5.97 Å². The largest absolute Gasteiger partial charge is 0.477 e. The molecule has 0 spiro atoms. The molecular formula is C13H17NO2S. The first-order valence-electron chi connectivity index (χ1n) is 6.20. The second-order valence-corrected chi connectivity index (χ2v) is 6.52. The number of hydrogen-bond acceptors (Lipinski definition) is 3. The summed E-state index contributed by atoms with van der Waals surface area (Å²) in [6.45, 7) is 4.18. The second kappa shape index (κ2) is 4.10. The van der Waals surface area contributed by atoms with Gasteiger partial charge in [0.25, 0.3) is 0 Å². The molecule has 1 aromatic heterocycles. The van der Waals surface area contributed by atoms with E-state index in [2.05, 4.69) is 4.90 Å². The van der Waals surface area contributed by atoms with E-state index in [9.17, 15) is 4.79 Å². The number of hydrogen-bond donors (Lipinski definition) is 1. The molecule has 0 aromatic carbocycles. The van der Waals surface area contributed by atoms with E-state index in [4.69, 9.17) is 5.11 Å². The van der Waals surface area contributed by atoms with E-state index >= 15 is 0 Å². The zero-order valence-electron chi connectivity index (χ0n) is 9.98. The van der Waals surface area contributed by atoms with Gasteiger partial charge in [-0.15, -0.1) is 11.3 Å². The third-order valence-corrected chi connectivity index (χ3v) is 5.21. The van der Waals surface area contributed by atoms with Crippen LogP contribution in [0.3, 0.4) is 0 Å². The van der Waals surface area contributed by atoms with Gasteiger partial charge in [0.2, 0.25) is 0 Å². The number of thiophene rings is 1. The molecule has 2 aliphatic rings. The second-order valence-electron chi connectivity index (χ2n) is 5.26. The molecule has 1 aromatic rings. The zero-order chi connectivity index (χ0) is 12.0. The number of carbonyl (C=O) groups is 1. The van der Waals surface area contributed by atoms with Crippen molar-refractivity contribution in [1.82, 2.24) is 4.90 Å². The van der Waals surface area contributed by atoms with Crippen molar-refractivity contribution in [2.75, 3.05) is 6.54 Å². The fraction of sp³-hybridized carbons (Fsp3) is 0.615. The van der Waals surface area contributed by atoms with Crippen molar-refractivity contribution in [3.8, 4) is 0 Å². The lowest BCUT2D eigenvalue weighted by molar-refractivity contribution is 0.0702. The number of rotatable bonds is 3. The number of aromatic carboxylic acids is 1. The highest BCUT2D eigenvalue weighted by Gasteiger charge is 2.37. The van der Waals surface area contributed by atoms with Gasteiger partial charge in [0.05, 0.1) is 0 Å². The SMILES string of the molecule is Cc1sc(C(=O)O)cc1CN1CC2CCC1C2. The molecule has 0 radical (unpaired) electrons. The van der Waals surface area contributed by atoms with Crippen LogP contribution in [0.25, 0.3) is 0 Å². The van der Waals surface area contributed by atoms with E-state index in [1.807, 2.05) is 13.0 Å².